The van der Waals surface area contributed by atoms with Crippen molar-refractivity contribution >= 4 is 28.2 Å². The number of benzene rings is 1. The van der Waals surface area contributed by atoms with Crippen LogP contribution in [0.3, 0.4) is 0 Å². The van der Waals surface area contributed by atoms with E-state index in [1.54, 1.807) is 0 Å². The monoisotopic (exact) mass is 274 g/mol. The summed E-state index contributed by atoms with van der Waals surface area (Å²) in [6.07, 6.45) is 4.58. The van der Waals surface area contributed by atoms with Gasteiger partial charge in [-0.3, -0.25) is 4.98 Å². The van der Waals surface area contributed by atoms with Crippen LogP contribution in [0.15, 0.2) is 12.1 Å². The highest BCUT2D eigenvalue weighted by molar-refractivity contribution is 6.32. The zero-order chi connectivity index (χ0) is 13.4. The predicted octanol–water partition coefficient (Wildman–Crippen LogP) is 4.51. The van der Waals surface area contributed by atoms with Gasteiger partial charge in [-0.15, -0.1) is 0 Å². The van der Waals surface area contributed by atoms with Crippen molar-refractivity contribution in [2.75, 3.05) is 11.9 Å². The molecule has 1 aliphatic carbocycles. The molecule has 0 unspecified atom stereocenters. The van der Waals surface area contributed by atoms with Crippen molar-refractivity contribution in [3.63, 3.8) is 0 Å². The van der Waals surface area contributed by atoms with Gasteiger partial charge in [0.05, 0.1) is 5.52 Å². The molecule has 19 heavy (non-hydrogen) atoms. The topological polar surface area (TPSA) is 24.9 Å². The summed E-state index contributed by atoms with van der Waals surface area (Å²) in [5.41, 5.74) is 6.12. The molecule has 1 aromatic carbocycles. The standard InChI is InChI=1S/C16H19ClN2/c1-3-9-18-16-11-5-4-6-14(11)19-15-10(2)13(17)8-7-12(15)16/h7-8H,3-6,9H2,1-2H3,(H,18,19). The van der Waals surface area contributed by atoms with Gasteiger partial charge in [0.2, 0.25) is 0 Å². The Balaban J connectivity index is 2.27. The van der Waals surface area contributed by atoms with Gasteiger partial charge in [-0.05, 0) is 55.9 Å². The van der Waals surface area contributed by atoms with Crippen molar-refractivity contribution in [1.82, 2.24) is 4.98 Å². The molecule has 0 spiro atoms. The van der Waals surface area contributed by atoms with Crippen LogP contribution in [0.4, 0.5) is 5.69 Å². The Kier molecular flexibility index (Phi) is 3.36. The quantitative estimate of drug-likeness (QED) is 0.891. The minimum absolute atomic E-state index is 0.805. The van der Waals surface area contributed by atoms with E-state index in [-0.39, 0.29) is 0 Å². The van der Waals surface area contributed by atoms with E-state index < -0.39 is 0 Å². The summed E-state index contributed by atoms with van der Waals surface area (Å²) >= 11 is 6.23. The smallest absolute Gasteiger partial charge is 0.0770 e. The van der Waals surface area contributed by atoms with Crippen LogP contribution in [-0.2, 0) is 12.8 Å². The molecule has 0 saturated carbocycles. The van der Waals surface area contributed by atoms with Gasteiger partial charge in [-0.2, -0.15) is 0 Å². The Hall–Kier alpha value is -1.28. The summed E-state index contributed by atoms with van der Waals surface area (Å²) in [5.74, 6) is 0. The van der Waals surface area contributed by atoms with Crippen molar-refractivity contribution in [3.05, 3.63) is 34.0 Å². The molecular weight excluding hydrogens is 256 g/mol. The van der Waals surface area contributed by atoms with Gasteiger partial charge >= 0.3 is 0 Å². The van der Waals surface area contributed by atoms with E-state index in [1.807, 2.05) is 6.07 Å². The summed E-state index contributed by atoms with van der Waals surface area (Å²) in [6, 6.07) is 4.09. The number of nitrogens with one attached hydrogen (secondary N) is 1. The molecule has 0 bridgehead atoms. The third-order valence-electron chi connectivity index (χ3n) is 3.92. The SMILES string of the molecule is CCCNc1c2c(nc3c(C)c(Cl)ccc13)CCC2. The third-order valence-corrected chi connectivity index (χ3v) is 4.33. The first-order valence-electron chi connectivity index (χ1n) is 7.06. The van der Waals surface area contributed by atoms with Crippen LogP contribution in [0.1, 0.15) is 36.6 Å². The summed E-state index contributed by atoms with van der Waals surface area (Å²) < 4.78 is 0. The van der Waals surface area contributed by atoms with Crippen molar-refractivity contribution in [2.45, 2.75) is 39.5 Å². The van der Waals surface area contributed by atoms with E-state index in [0.29, 0.717) is 0 Å². The second-order valence-corrected chi connectivity index (χ2v) is 5.67. The first-order valence-corrected chi connectivity index (χ1v) is 7.44. The molecule has 2 nitrogen and oxygen atoms in total. The van der Waals surface area contributed by atoms with Crippen LogP contribution >= 0.6 is 11.6 Å². The van der Waals surface area contributed by atoms with E-state index in [0.717, 1.165) is 41.9 Å². The molecule has 2 aromatic rings. The van der Waals surface area contributed by atoms with Crippen molar-refractivity contribution in [2.24, 2.45) is 0 Å². The molecule has 0 amide bonds. The lowest BCUT2D eigenvalue weighted by atomic mass is 10.0. The van der Waals surface area contributed by atoms with Gasteiger partial charge in [0.15, 0.2) is 0 Å². The van der Waals surface area contributed by atoms with Crippen molar-refractivity contribution in [3.8, 4) is 0 Å². The highest BCUT2D eigenvalue weighted by Crippen LogP contribution is 2.36. The second-order valence-electron chi connectivity index (χ2n) is 5.26. The lowest BCUT2D eigenvalue weighted by Crippen LogP contribution is -2.05. The van der Waals surface area contributed by atoms with Gasteiger partial charge in [0.1, 0.15) is 0 Å². The summed E-state index contributed by atoms with van der Waals surface area (Å²) in [5, 5.41) is 5.62. The Morgan fingerprint density at radius 1 is 1.32 bits per heavy atom. The molecule has 1 heterocycles. The van der Waals surface area contributed by atoms with E-state index in [9.17, 15) is 0 Å². The number of aromatic nitrogens is 1. The van der Waals surface area contributed by atoms with Crippen LogP contribution in [-0.4, -0.2) is 11.5 Å². The number of aryl methyl sites for hydroxylation is 2. The van der Waals surface area contributed by atoms with E-state index in [4.69, 9.17) is 16.6 Å². The number of hydrogen-bond donors (Lipinski definition) is 1. The summed E-state index contributed by atoms with van der Waals surface area (Å²) in [7, 11) is 0. The molecule has 0 aliphatic heterocycles. The molecule has 0 saturated heterocycles. The average Bonchev–Trinajstić information content (AvgIpc) is 2.87. The zero-order valence-corrected chi connectivity index (χ0v) is 12.3. The summed E-state index contributed by atoms with van der Waals surface area (Å²) in [6.45, 7) is 5.26. The maximum Gasteiger partial charge on any atom is 0.0770 e. The van der Waals surface area contributed by atoms with Crippen LogP contribution in [0, 0.1) is 6.92 Å². The van der Waals surface area contributed by atoms with E-state index in [1.165, 1.54) is 28.8 Å². The molecule has 3 heteroatoms. The maximum atomic E-state index is 6.23. The molecule has 3 rings (SSSR count). The number of anilines is 1. The normalized spacial score (nSPS) is 13.8. The van der Waals surface area contributed by atoms with Gasteiger partial charge < -0.3 is 5.32 Å². The first-order chi connectivity index (χ1) is 9.22. The summed E-state index contributed by atoms with van der Waals surface area (Å²) in [4.78, 5) is 4.86. The van der Waals surface area contributed by atoms with Gasteiger partial charge in [0, 0.05) is 28.3 Å². The number of halogens is 1. The van der Waals surface area contributed by atoms with Gasteiger partial charge in [-0.1, -0.05) is 18.5 Å². The number of fused-ring (bicyclic) bond motifs is 2. The number of hydrogen-bond acceptors (Lipinski definition) is 2. The molecule has 0 atom stereocenters. The van der Waals surface area contributed by atoms with E-state index in [2.05, 4.69) is 25.2 Å². The zero-order valence-electron chi connectivity index (χ0n) is 11.5. The minimum atomic E-state index is 0.805. The lowest BCUT2D eigenvalue weighted by molar-refractivity contribution is 0.900. The fourth-order valence-corrected chi connectivity index (χ4v) is 3.04. The van der Waals surface area contributed by atoms with Crippen LogP contribution in [0.2, 0.25) is 5.02 Å². The predicted molar refractivity (Wildman–Crippen MR) is 82.3 cm³/mol. The van der Waals surface area contributed by atoms with Crippen LogP contribution < -0.4 is 5.32 Å². The Morgan fingerprint density at radius 3 is 2.95 bits per heavy atom. The molecule has 1 aliphatic rings. The molecular formula is C16H19ClN2. The fraction of sp³-hybridized carbons (Fsp3) is 0.438. The fourth-order valence-electron chi connectivity index (χ4n) is 2.89. The highest BCUT2D eigenvalue weighted by Gasteiger charge is 2.20. The number of rotatable bonds is 3. The minimum Gasteiger partial charge on any atom is -0.384 e. The highest BCUT2D eigenvalue weighted by atomic mass is 35.5. The third kappa shape index (κ3) is 2.08. The Morgan fingerprint density at radius 2 is 2.16 bits per heavy atom. The molecule has 0 fully saturated rings. The molecule has 100 valence electrons. The van der Waals surface area contributed by atoms with Gasteiger partial charge in [-0.25, -0.2) is 0 Å². The Bertz CT molecular complexity index is 634. The molecule has 0 radical (unpaired) electrons. The molecule has 1 aromatic heterocycles. The number of nitrogens with zero attached hydrogens (tertiary/aromatic N) is 1. The first kappa shape index (κ1) is 12.7. The van der Waals surface area contributed by atoms with Crippen LogP contribution in [0.5, 0.6) is 0 Å². The average molecular weight is 275 g/mol. The Labute approximate surface area is 119 Å². The number of pyridine rings is 1. The lowest BCUT2D eigenvalue weighted by Gasteiger charge is -2.15. The van der Waals surface area contributed by atoms with Crippen LogP contribution in [0.25, 0.3) is 10.9 Å². The largest absolute Gasteiger partial charge is 0.384 e. The second kappa shape index (κ2) is 5.01. The maximum absolute atomic E-state index is 6.23. The van der Waals surface area contributed by atoms with Gasteiger partial charge in [0.25, 0.3) is 0 Å². The van der Waals surface area contributed by atoms with E-state index >= 15 is 0 Å². The molecule has 1 N–H and O–H groups in total. The van der Waals surface area contributed by atoms with Crippen molar-refractivity contribution in [1.29, 1.82) is 0 Å². The van der Waals surface area contributed by atoms with Crippen molar-refractivity contribution < 1.29 is 0 Å².